The number of allylic oxidation sites excluding steroid dienone is 1. The molecule has 2 nitrogen and oxygen atoms in total. The van der Waals surface area contributed by atoms with E-state index in [4.69, 9.17) is 0 Å². The minimum Gasteiger partial charge on any atom is -0.388 e. The average Bonchev–Trinajstić information content (AvgIpc) is 2.34. The van der Waals surface area contributed by atoms with Crippen LogP contribution in [0.2, 0.25) is 0 Å². The number of rotatable bonds is 3. The molecule has 0 aliphatic heterocycles. The van der Waals surface area contributed by atoms with Gasteiger partial charge in [-0.15, -0.1) is 0 Å². The van der Waals surface area contributed by atoms with Crippen molar-refractivity contribution in [3.05, 3.63) is 36.0 Å². The van der Waals surface area contributed by atoms with Crippen molar-refractivity contribution in [2.24, 2.45) is 5.41 Å². The van der Waals surface area contributed by atoms with Crippen LogP contribution in [0.4, 0.5) is 24.5 Å². The molecule has 0 radical (unpaired) electrons. The highest BCUT2D eigenvalue weighted by molar-refractivity contribution is 5.63. The summed E-state index contributed by atoms with van der Waals surface area (Å²) in [5.41, 5.74) is 0.399. The van der Waals surface area contributed by atoms with Crippen LogP contribution in [0.5, 0.6) is 0 Å². The van der Waals surface area contributed by atoms with Crippen LogP contribution in [0, 0.1) is 5.41 Å². The number of hydrogen-bond donors (Lipinski definition) is 1. The monoisotopic (exact) mass is 286 g/mol. The zero-order valence-electron chi connectivity index (χ0n) is 12.5. The van der Waals surface area contributed by atoms with Gasteiger partial charge in [-0.3, -0.25) is 0 Å². The van der Waals surface area contributed by atoms with Crippen LogP contribution in [0.3, 0.4) is 0 Å². The largest absolute Gasteiger partial charge is 0.418 e. The van der Waals surface area contributed by atoms with Crippen LogP contribution in [0.25, 0.3) is 0 Å². The lowest BCUT2D eigenvalue weighted by Crippen LogP contribution is -2.26. The van der Waals surface area contributed by atoms with E-state index in [-0.39, 0.29) is 11.1 Å². The fraction of sp³-hybridized carbons (Fsp3) is 0.467. The molecule has 0 spiro atoms. The molecule has 0 atom stereocenters. The maximum Gasteiger partial charge on any atom is 0.418 e. The van der Waals surface area contributed by atoms with Gasteiger partial charge in [0.1, 0.15) is 0 Å². The minimum atomic E-state index is -4.39. The van der Waals surface area contributed by atoms with Crippen molar-refractivity contribution in [2.45, 2.75) is 26.9 Å². The molecule has 0 unspecified atom stereocenters. The second-order valence-electron chi connectivity index (χ2n) is 5.73. The molecular formula is C15H21F3N2. The number of benzene rings is 1. The Morgan fingerprint density at radius 1 is 1.20 bits per heavy atom. The second-order valence-corrected chi connectivity index (χ2v) is 5.73. The number of halogens is 3. The van der Waals surface area contributed by atoms with E-state index in [2.05, 4.69) is 11.9 Å². The van der Waals surface area contributed by atoms with Crippen LogP contribution >= 0.6 is 0 Å². The Kier molecular flexibility index (Phi) is 4.42. The molecule has 0 bridgehead atoms. The van der Waals surface area contributed by atoms with Gasteiger partial charge in [-0.1, -0.05) is 27.4 Å². The number of nitrogens with one attached hydrogen (secondary N) is 1. The summed E-state index contributed by atoms with van der Waals surface area (Å²) >= 11 is 0. The van der Waals surface area contributed by atoms with E-state index >= 15 is 0 Å². The highest BCUT2D eigenvalue weighted by Crippen LogP contribution is 2.38. The van der Waals surface area contributed by atoms with Crippen molar-refractivity contribution in [3.63, 3.8) is 0 Å². The van der Waals surface area contributed by atoms with E-state index in [0.717, 1.165) is 11.8 Å². The van der Waals surface area contributed by atoms with Crippen molar-refractivity contribution >= 4 is 11.4 Å². The van der Waals surface area contributed by atoms with E-state index in [1.807, 2.05) is 20.8 Å². The van der Waals surface area contributed by atoms with Gasteiger partial charge in [0.25, 0.3) is 0 Å². The Hall–Kier alpha value is -1.65. The number of alkyl halides is 3. The summed E-state index contributed by atoms with van der Waals surface area (Å²) < 4.78 is 39.1. The second kappa shape index (κ2) is 5.38. The minimum absolute atomic E-state index is 0.0658. The summed E-state index contributed by atoms with van der Waals surface area (Å²) in [5.74, 6) is 0. The zero-order valence-corrected chi connectivity index (χ0v) is 12.5. The molecule has 0 saturated heterocycles. The number of nitrogens with zero attached hydrogens (tertiary/aromatic N) is 1. The SMILES string of the molecule is C=C(N(C)c1ccc(NC)c(C(F)(F)F)c1)C(C)(C)C. The van der Waals surface area contributed by atoms with E-state index in [0.29, 0.717) is 5.69 Å². The molecule has 1 N–H and O–H groups in total. The van der Waals surface area contributed by atoms with Gasteiger partial charge in [-0.05, 0) is 18.2 Å². The van der Waals surface area contributed by atoms with Crippen LogP contribution in [0.15, 0.2) is 30.5 Å². The molecule has 0 aromatic heterocycles. The first-order chi connectivity index (χ1) is 8.98. The Morgan fingerprint density at radius 2 is 1.75 bits per heavy atom. The summed E-state index contributed by atoms with van der Waals surface area (Å²) in [4.78, 5) is 1.69. The fourth-order valence-electron chi connectivity index (χ4n) is 1.85. The molecule has 1 rings (SSSR count). The van der Waals surface area contributed by atoms with E-state index in [1.165, 1.54) is 13.1 Å². The lowest BCUT2D eigenvalue weighted by Gasteiger charge is -2.32. The fourth-order valence-corrected chi connectivity index (χ4v) is 1.85. The normalized spacial score (nSPS) is 12.2. The van der Waals surface area contributed by atoms with E-state index in [9.17, 15) is 13.2 Å². The maximum absolute atomic E-state index is 13.0. The Balaban J connectivity index is 3.25. The summed E-state index contributed by atoms with van der Waals surface area (Å²) in [6.45, 7) is 9.88. The maximum atomic E-state index is 13.0. The standard InChI is InChI=1S/C15H21F3N2/c1-10(14(2,3)4)20(6)11-7-8-13(19-5)12(9-11)15(16,17)18/h7-9,19H,1H2,2-6H3. The Labute approximate surface area is 118 Å². The average molecular weight is 286 g/mol. The molecule has 1 aromatic carbocycles. The quantitative estimate of drug-likeness (QED) is 0.863. The van der Waals surface area contributed by atoms with E-state index < -0.39 is 11.7 Å². The predicted octanol–water partition coefficient (Wildman–Crippen LogP) is 4.74. The van der Waals surface area contributed by atoms with E-state index in [1.54, 1.807) is 18.0 Å². The van der Waals surface area contributed by atoms with Gasteiger partial charge in [0, 0.05) is 36.6 Å². The van der Waals surface area contributed by atoms with Gasteiger partial charge in [0.2, 0.25) is 0 Å². The summed E-state index contributed by atoms with van der Waals surface area (Å²) in [6, 6.07) is 4.23. The molecule has 0 aliphatic rings. The molecular weight excluding hydrogens is 265 g/mol. The van der Waals surface area contributed by atoms with Gasteiger partial charge in [-0.2, -0.15) is 13.2 Å². The summed E-state index contributed by atoms with van der Waals surface area (Å²) in [5, 5.41) is 2.57. The van der Waals surface area contributed by atoms with Crippen LogP contribution in [-0.2, 0) is 6.18 Å². The molecule has 0 heterocycles. The third-order valence-corrected chi connectivity index (χ3v) is 3.24. The third-order valence-electron chi connectivity index (χ3n) is 3.24. The summed E-state index contributed by atoms with van der Waals surface area (Å²) in [7, 11) is 3.20. The molecule has 112 valence electrons. The molecule has 0 amide bonds. The Bertz CT molecular complexity index is 499. The van der Waals surface area contributed by atoms with Crippen LogP contribution < -0.4 is 10.2 Å². The van der Waals surface area contributed by atoms with Gasteiger partial charge in [0.05, 0.1) is 5.56 Å². The molecule has 5 heteroatoms. The lowest BCUT2D eigenvalue weighted by molar-refractivity contribution is -0.136. The molecule has 0 saturated carbocycles. The van der Waals surface area contributed by atoms with Gasteiger partial charge < -0.3 is 10.2 Å². The number of anilines is 2. The lowest BCUT2D eigenvalue weighted by atomic mass is 9.91. The first kappa shape index (κ1) is 16.4. The Morgan fingerprint density at radius 3 is 2.15 bits per heavy atom. The van der Waals surface area contributed by atoms with Crippen molar-refractivity contribution in [1.82, 2.24) is 0 Å². The highest BCUT2D eigenvalue weighted by Gasteiger charge is 2.34. The molecule has 0 fully saturated rings. The van der Waals surface area contributed by atoms with Crippen LogP contribution in [-0.4, -0.2) is 14.1 Å². The van der Waals surface area contributed by atoms with Crippen LogP contribution in [0.1, 0.15) is 26.3 Å². The topological polar surface area (TPSA) is 15.3 Å². The van der Waals surface area contributed by atoms with Crippen molar-refractivity contribution in [2.75, 3.05) is 24.3 Å². The molecule has 20 heavy (non-hydrogen) atoms. The predicted molar refractivity (Wildman–Crippen MR) is 78.0 cm³/mol. The van der Waals surface area contributed by atoms with Crippen molar-refractivity contribution in [3.8, 4) is 0 Å². The van der Waals surface area contributed by atoms with Crippen molar-refractivity contribution < 1.29 is 13.2 Å². The van der Waals surface area contributed by atoms with Crippen molar-refractivity contribution in [1.29, 1.82) is 0 Å². The van der Waals surface area contributed by atoms with Gasteiger partial charge in [0.15, 0.2) is 0 Å². The zero-order chi connectivity index (χ0) is 15.7. The summed E-state index contributed by atoms with van der Waals surface area (Å²) in [6.07, 6.45) is -4.39. The molecule has 1 aromatic rings. The first-order valence-corrected chi connectivity index (χ1v) is 6.30. The van der Waals surface area contributed by atoms with Gasteiger partial charge in [-0.25, -0.2) is 0 Å². The first-order valence-electron chi connectivity index (χ1n) is 6.30. The third kappa shape index (κ3) is 3.46. The van der Waals surface area contributed by atoms with Gasteiger partial charge >= 0.3 is 6.18 Å². The highest BCUT2D eigenvalue weighted by atomic mass is 19.4. The molecule has 0 aliphatic carbocycles. The number of hydrogen-bond acceptors (Lipinski definition) is 2. The smallest absolute Gasteiger partial charge is 0.388 e.